The van der Waals surface area contributed by atoms with Gasteiger partial charge < -0.3 is 4.98 Å². The third kappa shape index (κ3) is 2.86. The molecule has 0 atom stereocenters. The highest BCUT2D eigenvalue weighted by molar-refractivity contribution is 6.30. The van der Waals surface area contributed by atoms with Crippen molar-refractivity contribution in [3.63, 3.8) is 0 Å². The van der Waals surface area contributed by atoms with Gasteiger partial charge in [0.15, 0.2) is 5.78 Å². The van der Waals surface area contributed by atoms with Crippen molar-refractivity contribution in [2.45, 2.75) is 0 Å². The average Bonchev–Trinajstić information content (AvgIpc) is 3.05. The van der Waals surface area contributed by atoms with Crippen molar-refractivity contribution < 1.29 is 13.6 Å². The van der Waals surface area contributed by atoms with Crippen molar-refractivity contribution in [2.75, 3.05) is 0 Å². The second-order valence-electron chi connectivity index (χ2n) is 5.78. The van der Waals surface area contributed by atoms with E-state index in [9.17, 15) is 13.6 Å². The van der Waals surface area contributed by atoms with Crippen LogP contribution in [0.2, 0.25) is 5.02 Å². The summed E-state index contributed by atoms with van der Waals surface area (Å²) >= 11 is 5.91. The van der Waals surface area contributed by atoms with Crippen LogP contribution >= 0.6 is 11.6 Å². The smallest absolute Gasteiger partial charge is 0.198 e. The fourth-order valence-electron chi connectivity index (χ4n) is 2.81. The number of ketones is 1. The molecule has 3 nitrogen and oxygen atoms in total. The van der Waals surface area contributed by atoms with E-state index in [1.54, 1.807) is 24.4 Å². The maximum Gasteiger partial charge on any atom is 0.198 e. The summed E-state index contributed by atoms with van der Waals surface area (Å²) in [5, 5.41) is 1.18. The summed E-state index contributed by atoms with van der Waals surface area (Å²) in [6.45, 7) is 0. The van der Waals surface area contributed by atoms with Gasteiger partial charge in [-0.1, -0.05) is 23.7 Å². The predicted octanol–water partition coefficient (Wildman–Crippen LogP) is 5.39. The van der Waals surface area contributed by atoms with Gasteiger partial charge in [0.2, 0.25) is 0 Å². The number of aromatic amines is 1. The van der Waals surface area contributed by atoms with Crippen LogP contribution in [0.3, 0.4) is 0 Å². The molecule has 2 aromatic carbocycles. The number of carbonyl (C=O) groups is 1. The second-order valence-corrected chi connectivity index (χ2v) is 6.22. The summed E-state index contributed by atoms with van der Waals surface area (Å²) in [7, 11) is 0. The molecule has 0 amide bonds. The van der Waals surface area contributed by atoms with Crippen molar-refractivity contribution in [3.05, 3.63) is 88.7 Å². The van der Waals surface area contributed by atoms with E-state index in [-0.39, 0.29) is 11.1 Å². The SMILES string of the molecule is O=C(c1ccc(F)cc1F)c1c[nH]c2ncc(-c3ccc(Cl)cc3)cc12. The molecule has 2 heterocycles. The molecule has 128 valence electrons. The molecule has 0 saturated carbocycles. The fraction of sp³-hybridized carbons (Fsp3) is 0. The lowest BCUT2D eigenvalue weighted by molar-refractivity contribution is 0.103. The molecule has 0 aliphatic heterocycles. The monoisotopic (exact) mass is 368 g/mol. The van der Waals surface area contributed by atoms with Crippen LogP contribution in [-0.2, 0) is 0 Å². The molecule has 0 fully saturated rings. The van der Waals surface area contributed by atoms with E-state index in [2.05, 4.69) is 9.97 Å². The van der Waals surface area contributed by atoms with E-state index in [1.165, 1.54) is 6.20 Å². The molecular formula is C20H11ClF2N2O. The summed E-state index contributed by atoms with van der Waals surface area (Å²) in [6, 6.07) is 11.9. The van der Waals surface area contributed by atoms with Crippen molar-refractivity contribution >= 4 is 28.4 Å². The number of fused-ring (bicyclic) bond motifs is 1. The number of aromatic nitrogens is 2. The van der Waals surface area contributed by atoms with E-state index >= 15 is 0 Å². The lowest BCUT2D eigenvalue weighted by atomic mass is 10.0. The quantitative estimate of drug-likeness (QED) is 0.492. The summed E-state index contributed by atoms with van der Waals surface area (Å²) in [6.07, 6.45) is 3.16. The van der Waals surface area contributed by atoms with Crippen LogP contribution in [-0.4, -0.2) is 15.8 Å². The first kappa shape index (κ1) is 16.4. The molecule has 0 bridgehead atoms. The zero-order valence-electron chi connectivity index (χ0n) is 13.3. The first-order chi connectivity index (χ1) is 12.5. The minimum Gasteiger partial charge on any atom is -0.345 e. The largest absolute Gasteiger partial charge is 0.345 e. The Morgan fingerprint density at radius 3 is 2.46 bits per heavy atom. The van der Waals surface area contributed by atoms with Crippen molar-refractivity contribution in [2.24, 2.45) is 0 Å². The number of hydrogen-bond donors (Lipinski definition) is 1. The minimum absolute atomic E-state index is 0.191. The molecule has 0 unspecified atom stereocenters. The highest BCUT2D eigenvalue weighted by atomic mass is 35.5. The van der Waals surface area contributed by atoms with Gasteiger partial charge in [0.25, 0.3) is 0 Å². The standard InChI is InChI=1S/C20H11ClF2N2O/c21-13-3-1-11(2-4-13)12-7-16-17(10-25-20(16)24-9-12)19(26)15-6-5-14(22)8-18(15)23/h1-10H,(H,24,25). The maximum atomic E-state index is 14.0. The molecular weight excluding hydrogens is 358 g/mol. The summed E-state index contributed by atoms with van der Waals surface area (Å²) in [5.74, 6) is -2.17. The van der Waals surface area contributed by atoms with Crippen LogP contribution in [0.1, 0.15) is 15.9 Å². The van der Waals surface area contributed by atoms with Crippen molar-refractivity contribution in [3.8, 4) is 11.1 Å². The Labute approximate surface area is 152 Å². The number of nitrogens with one attached hydrogen (secondary N) is 1. The first-order valence-corrected chi connectivity index (χ1v) is 8.13. The zero-order chi connectivity index (χ0) is 18.3. The number of H-pyrrole nitrogens is 1. The Balaban J connectivity index is 1.82. The third-order valence-corrected chi connectivity index (χ3v) is 4.38. The molecule has 0 spiro atoms. The summed E-state index contributed by atoms with van der Waals surface area (Å²) in [5.41, 5.74) is 2.27. The lowest BCUT2D eigenvalue weighted by Gasteiger charge is -2.04. The molecule has 0 radical (unpaired) electrons. The summed E-state index contributed by atoms with van der Waals surface area (Å²) < 4.78 is 27.1. The lowest BCUT2D eigenvalue weighted by Crippen LogP contribution is -2.04. The number of pyridine rings is 1. The highest BCUT2D eigenvalue weighted by Crippen LogP contribution is 2.27. The van der Waals surface area contributed by atoms with Gasteiger partial charge >= 0.3 is 0 Å². The van der Waals surface area contributed by atoms with Crippen LogP contribution < -0.4 is 0 Å². The van der Waals surface area contributed by atoms with Crippen LogP contribution in [0.15, 0.2) is 60.9 Å². The van der Waals surface area contributed by atoms with Gasteiger partial charge in [-0.25, -0.2) is 13.8 Å². The predicted molar refractivity (Wildman–Crippen MR) is 96.3 cm³/mol. The number of benzene rings is 2. The second kappa shape index (κ2) is 6.35. The van der Waals surface area contributed by atoms with Gasteiger partial charge in [-0.15, -0.1) is 0 Å². The average molecular weight is 369 g/mol. The van der Waals surface area contributed by atoms with E-state index < -0.39 is 17.4 Å². The maximum absolute atomic E-state index is 14.0. The van der Waals surface area contributed by atoms with Gasteiger partial charge in [-0.05, 0) is 35.9 Å². The third-order valence-electron chi connectivity index (χ3n) is 4.13. The van der Waals surface area contributed by atoms with Gasteiger partial charge in [-0.2, -0.15) is 0 Å². The molecule has 1 N–H and O–H groups in total. The van der Waals surface area contributed by atoms with Gasteiger partial charge in [0, 0.05) is 40.0 Å². The van der Waals surface area contributed by atoms with Gasteiger partial charge in [0.05, 0.1) is 5.56 Å². The molecule has 0 saturated heterocycles. The normalized spacial score (nSPS) is 11.0. The number of hydrogen-bond acceptors (Lipinski definition) is 2. The molecule has 6 heteroatoms. The van der Waals surface area contributed by atoms with E-state index in [1.807, 2.05) is 12.1 Å². The van der Waals surface area contributed by atoms with Crippen LogP contribution in [0, 0.1) is 11.6 Å². The Bertz CT molecular complexity index is 1140. The molecule has 4 aromatic rings. The molecule has 2 aromatic heterocycles. The summed E-state index contributed by atoms with van der Waals surface area (Å²) in [4.78, 5) is 19.9. The Kier molecular flexibility index (Phi) is 4.01. The van der Waals surface area contributed by atoms with E-state index in [0.29, 0.717) is 22.1 Å². The number of nitrogens with zero attached hydrogens (tertiary/aromatic N) is 1. The van der Waals surface area contributed by atoms with Gasteiger partial charge in [0.1, 0.15) is 17.3 Å². The molecule has 0 aliphatic rings. The molecule has 4 rings (SSSR count). The molecule has 0 aliphatic carbocycles. The van der Waals surface area contributed by atoms with Crippen molar-refractivity contribution in [1.82, 2.24) is 9.97 Å². The molecule has 26 heavy (non-hydrogen) atoms. The Hall–Kier alpha value is -3.05. The number of halogens is 3. The van der Waals surface area contributed by atoms with Crippen LogP contribution in [0.4, 0.5) is 8.78 Å². The first-order valence-electron chi connectivity index (χ1n) is 7.76. The van der Waals surface area contributed by atoms with Gasteiger partial charge in [-0.3, -0.25) is 4.79 Å². The Morgan fingerprint density at radius 1 is 0.962 bits per heavy atom. The van der Waals surface area contributed by atoms with E-state index in [0.717, 1.165) is 23.3 Å². The topological polar surface area (TPSA) is 45.8 Å². The number of rotatable bonds is 3. The van der Waals surface area contributed by atoms with Crippen molar-refractivity contribution in [1.29, 1.82) is 0 Å². The van der Waals surface area contributed by atoms with Crippen LogP contribution in [0.5, 0.6) is 0 Å². The number of carbonyl (C=O) groups excluding carboxylic acids is 1. The minimum atomic E-state index is -0.897. The van der Waals surface area contributed by atoms with E-state index in [4.69, 9.17) is 11.6 Å². The Morgan fingerprint density at radius 2 is 1.73 bits per heavy atom. The van der Waals surface area contributed by atoms with Crippen LogP contribution in [0.25, 0.3) is 22.2 Å². The zero-order valence-corrected chi connectivity index (χ0v) is 14.0. The highest BCUT2D eigenvalue weighted by Gasteiger charge is 2.19. The fourth-order valence-corrected chi connectivity index (χ4v) is 2.94.